The number of Topliss-reactive ketones (excluding diaryl/α,β-unsaturated/α-hetero) is 1. The maximum atomic E-state index is 13.0. The highest BCUT2D eigenvalue weighted by Crippen LogP contribution is 2.22. The lowest BCUT2D eigenvalue weighted by atomic mass is 10.1. The highest BCUT2D eigenvalue weighted by atomic mass is 32.2. The number of thioether (sulfide) groups is 1. The molecule has 0 radical (unpaired) electrons. The van der Waals surface area contributed by atoms with E-state index in [0.717, 1.165) is 27.6 Å². The highest BCUT2D eigenvalue weighted by Gasteiger charge is 2.22. The van der Waals surface area contributed by atoms with Gasteiger partial charge in [-0.3, -0.25) is 9.59 Å². The van der Waals surface area contributed by atoms with Gasteiger partial charge in [0.1, 0.15) is 5.01 Å². The largest absolute Gasteiger partial charge is 0.342 e. The van der Waals surface area contributed by atoms with Gasteiger partial charge >= 0.3 is 0 Å². The number of rotatable bonds is 10. The van der Waals surface area contributed by atoms with E-state index in [1.807, 2.05) is 48.0 Å². The second-order valence-corrected chi connectivity index (χ2v) is 8.78. The van der Waals surface area contributed by atoms with Gasteiger partial charge in [0, 0.05) is 23.1 Å². The van der Waals surface area contributed by atoms with Gasteiger partial charge in [-0.1, -0.05) is 42.5 Å². The summed E-state index contributed by atoms with van der Waals surface area (Å²) in [4.78, 5) is 30.3. The predicted octanol–water partition coefficient (Wildman–Crippen LogP) is 3.93. The van der Waals surface area contributed by atoms with Crippen molar-refractivity contribution in [2.75, 3.05) is 12.0 Å². The Labute approximate surface area is 185 Å². The van der Waals surface area contributed by atoms with Crippen LogP contribution in [-0.4, -0.2) is 34.7 Å². The molecule has 0 saturated carbocycles. The summed E-state index contributed by atoms with van der Waals surface area (Å²) in [5, 5.41) is 5.63. The number of benzene rings is 2. The minimum absolute atomic E-state index is 0.0265. The first-order valence-corrected chi connectivity index (χ1v) is 12.0. The molecule has 0 unspecified atom stereocenters. The van der Waals surface area contributed by atoms with Crippen LogP contribution in [-0.2, 0) is 17.8 Å². The lowest BCUT2D eigenvalue weighted by Gasteiger charge is -2.17. The number of nitrogens with two attached hydrogens (primary N) is 1. The van der Waals surface area contributed by atoms with Crippen molar-refractivity contribution in [2.45, 2.75) is 25.4 Å². The van der Waals surface area contributed by atoms with Gasteiger partial charge in [-0.15, -0.1) is 11.3 Å². The maximum Gasteiger partial charge on any atom is 0.251 e. The standard InChI is InChI=1S/C23H25N3O2S2/c1-29-11-10-19(26-23(28)18-9-5-6-16(12-18)14-24)21(27)13-22-25-20(15-30-22)17-7-3-2-4-8-17/h2-9,12,15,19H,10-11,13-14,24H2,1H3,(H,26,28)/t19-/m0/s1. The van der Waals surface area contributed by atoms with E-state index in [1.165, 1.54) is 11.3 Å². The summed E-state index contributed by atoms with van der Waals surface area (Å²) in [7, 11) is 0. The van der Waals surface area contributed by atoms with Gasteiger partial charge in [-0.25, -0.2) is 4.98 Å². The van der Waals surface area contributed by atoms with Crippen LogP contribution in [0.15, 0.2) is 60.0 Å². The second kappa shape index (κ2) is 11.1. The molecule has 30 heavy (non-hydrogen) atoms. The molecule has 1 amide bonds. The van der Waals surface area contributed by atoms with Crippen molar-refractivity contribution < 1.29 is 9.59 Å². The Kier molecular flexibility index (Phi) is 8.19. The summed E-state index contributed by atoms with van der Waals surface area (Å²) in [6, 6.07) is 16.5. The Morgan fingerprint density at radius 1 is 1.17 bits per heavy atom. The van der Waals surface area contributed by atoms with Crippen LogP contribution in [0.4, 0.5) is 0 Å². The quantitative estimate of drug-likeness (QED) is 0.500. The van der Waals surface area contributed by atoms with Gasteiger partial charge in [-0.2, -0.15) is 11.8 Å². The van der Waals surface area contributed by atoms with Crippen molar-refractivity contribution in [1.82, 2.24) is 10.3 Å². The topological polar surface area (TPSA) is 85.1 Å². The Bertz CT molecular complexity index is 989. The fourth-order valence-electron chi connectivity index (χ4n) is 3.04. The molecule has 1 aromatic heterocycles. The van der Waals surface area contributed by atoms with Crippen LogP contribution in [0.5, 0.6) is 0 Å². The minimum Gasteiger partial charge on any atom is -0.342 e. The molecule has 2 aromatic carbocycles. The monoisotopic (exact) mass is 439 g/mol. The molecule has 156 valence electrons. The lowest BCUT2D eigenvalue weighted by Crippen LogP contribution is -2.42. The van der Waals surface area contributed by atoms with Gasteiger partial charge in [0.05, 0.1) is 18.2 Å². The molecule has 0 bridgehead atoms. The Hall–Kier alpha value is -2.48. The van der Waals surface area contributed by atoms with E-state index in [0.29, 0.717) is 18.5 Å². The molecule has 0 fully saturated rings. The summed E-state index contributed by atoms with van der Waals surface area (Å²) in [6.45, 7) is 0.365. The molecule has 0 spiro atoms. The van der Waals surface area contributed by atoms with Crippen LogP contribution in [0, 0.1) is 0 Å². The first-order valence-electron chi connectivity index (χ1n) is 9.72. The van der Waals surface area contributed by atoms with Gasteiger partial charge in [0.25, 0.3) is 5.91 Å². The normalized spacial score (nSPS) is 11.8. The number of aromatic nitrogens is 1. The average molecular weight is 440 g/mol. The Balaban J connectivity index is 1.69. The molecule has 3 rings (SSSR count). The number of carbonyl (C=O) groups excluding carboxylic acids is 2. The third-order valence-corrected chi connectivity index (χ3v) is 6.17. The van der Waals surface area contributed by atoms with E-state index >= 15 is 0 Å². The zero-order valence-corrected chi connectivity index (χ0v) is 18.5. The number of carbonyl (C=O) groups is 2. The molecule has 0 aliphatic carbocycles. The number of amides is 1. The minimum atomic E-state index is -0.546. The highest BCUT2D eigenvalue weighted by molar-refractivity contribution is 7.98. The van der Waals surface area contributed by atoms with Gasteiger partial charge in [0.15, 0.2) is 5.78 Å². The summed E-state index contributed by atoms with van der Waals surface area (Å²) in [6.07, 6.45) is 2.78. The number of thiazole rings is 1. The molecule has 7 heteroatoms. The Morgan fingerprint density at radius 3 is 2.70 bits per heavy atom. The molecule has 3 aromatic rings. The first kappa shape index (κ1) is 22.2. The summed E-state index contributed by atoms with van der Waals surface area (Å²) >= 11 is 3.12. The molecule has 3 N–H and O–H groups in total. The molecule has 0 aliphatic rings. The maximum absolute atomic E-state index is 13.0. The number of hydrogen-bond donors (Lipinski definition) is 2. The molecular weight excluding hydrogens is 414 g/mol. The van der Waals surface area contributed by atoms with E-state index in [2.05, 4.69) is 10.3 Å². The van der Waals surface area contributed by atoms with Crippen LogP contribution < -0.4 is 11.1 Å². The molecule has 0 saturated heterocycles. The van der Waals surface area contributed by atoms with Crippen molar-refractivity contribution in [3.05, 3.63) is 76.1 Å². The molecular formula is C23H25N3O2S2. The molecule has 5 nitrogen and oxygen atoms in total. The number of hydrogen-bond acceptors (Lipinski definition) is 6. The van der Waals surface area contributed by atoms with Crippen molar-refractivity contribution in [2.24, 2.45) is 5.73 Å². The summed E-state index contributed by atoms with van der Waals surface area (Å²) in [5.74, 6) is 0.502. The van der Waals surface area contributed by atoms with Crippen molar-refractivity contribution in [3.8, 4) is 11.3 Å². The lowest BCUT2D eigenvalue weighted by molar-refractivity contribution is -0.120. The SMILES string of the molecule is CSCC[C@H](NC(=O)c1cccc(CN)c1)C(=O)Cc1nc(-c2ccccc2)cs1. The van der Waals surface area contributed by atoms with Crippen molar-refractivity contribution in [1.29, 1.82) is 0 Å². The van der Waals surface area contributed by atoms with E-state index in [-0.39, 0.29) is 18.1 Å². The fraction of sp³-hybridized carbons (Fsp3) is 0.261. The molecule has 1 atom stereocenters. The third kappa shape index (κ3) is 6.01. The van der Waals surface area contributed by atoms with Crippen LogP contribution in [0.25, 0.3) is 11.3 Å². The number of nitrogens with one attached hydrogen (secondary N) is 1. The zero-order valence-electron chi connectivity index (χ0n) is 16.8. The van der Waals surface area contributed by atoms with Crippen LogP contribution in [0.1, 0.15) is 27.3 Å². The van der Waals surface area contributed by atoms with Gasteiger partial charge in [-0.05, 0) is 36.1 Å². The van der Waals surface area contributed by atoms with E-state index < -0.39 is 6.04 Å². The predicted molar refractivity (Wildman–Crippen MR) is 125 cm³/mol. The van der Waals surface area contributed by atoms with Crippen LogP contribution in [0.2, 0.25) is 0 Å². The summed E-state index contributed by atoms with van der Waals surface area (Å²) < 4.78 is 0. The third-order valence-electron chi connectivity index (χ3n) is 4.68. The van der Waals surface area contributed by atoms with Crippen molar-refractivity contribution >= 4 is 34.8 Å². The smallest absolute Gasteiger partial charge is 0.251 e. The molecule has 0 aliphatic heterocycles. The van der Waals surface area contributed by atoms with Gasteiger partial charge < -0.3 is 11.1 Å². The van der Waals surface area contributed by atoms with Crippen molar-refractivity contribution in [3.63, 3.8) is 0 Å². The van der Waals surface area contributed by atoms with Gasteiger partial charge in [0.2, 0.25) is 0 Å². The average Bonchev–Trinajstić information content (AvgIpc) is 3.25. The molecule has 1 heterocycles. The Morgan fingerprint density at radius 2 is 1.97 bits per heavy atom. The first-order chi connectivity index (χ1) is 14.6. The zero-order chi connectivity index (χ0) is 21.3. The van der Waals surface area contributed by atoms with Crippen LogP contribution in [0.3, 0.4) is 0 Å². The second-order valence-electron chi connectivity index (χ2n) is 6.85. The van der Waals surface area contributed by atoms with E-state index in [9.17, 15) is 9.59 Å². The van der Waals surface area contributed by atoms with Crippen LogP contribution >= 0.6 is 23.1 Å². The number of nitrogens with zero attached hydrogens (tertiary/aromatic N) is 1. The van der Waals surface area contributed by atoms with E-state index in [4.69, 9.17) is 5.73 Å². The number of ketones is 1. The summed E-state index contributed by atoms with van der Waals surface area (Å²) in [5.41, 5.74) is 8.96. The van der Waals surface area contributed by atoms with E-state index in [1.54, 1.807) is 30.0 Å². The fourth-order valence-corrected chi connectivity index (χ4v) is 4.32.